The first-order valence-corrected chi connectivity index (χ1v) is 13.0. The highest BCUT2D eigenvalue weighted by atomic mass is 16.6. The minimum atomic E-state index is -0.206. The van der Waals surface area contributed by atoms with Crippen LogP contribution < -0.4 is 4.74 Å². The number of ether oxygens (including phenoxy) is 1. The fourth-order valence-corrected chi connectivity index (χ4v) is 5.05. The molecule has 3 aromatic heterocycles. The highest BCUT2D eigenvalue weighted by Crippen LogP contribution is 2.49. The molecule has 0 radical (unpaired) electrons. The molecule has 6 aromatic rings. The number of aryl methyl sites for hydroxylation is 2. The van der Waals surface area contributed by atoms with Gasteiger partial charge < -0.3 is 9.57 Å². The monoisotopic (exact) mass is 527 g/mol. The summed E-state index contributed by atoms with van der Waals surface area (Å²) in [7, 11) is 0. The van der Waals surface area contributed by atoms with Crippen LogP contribution in [-0.2, 0) is 11.4 Å². The molecular weight excluding hydrogens is 502 g/mol. The van der Waals surface area contributed by atoms with Crippen LogP contribution in [0.15, 0.2) is 96.4 Å². The molecule has 0 aliphatic carbocycles. The van der Waals surface area contributed by atoms with E-state index in [0.717, 1.165) is 33.6 Å². The van der Waals surface area contributed by atoms with Crippen LogP contribution in [0.25, 0.3) is 11.3 Å². The summed E-state index contributed by atoms with van der Waals surface area (Å²) in [5.74, 6) is 1.41. The maximum atomic E-state index is 6.48. The molecule has 196 valence electrons. The van der Waals surface area contributed by atoms with Gasteiger partial charge in [-0.25, -0.2) is 19.2 Å². The van der Waals surface area contributed by atoms with Crippen molar-refractivity contribution in [1.29, 1.82) is 0 Å². The average Bonchev–Trinajstić information content (AvgIpc) is 3.56. The van der Waals surface area contributed by atoms with E-state index in [0.29, 0.717) is 23.2 Å². The lowest BCUT2D eigenvalue weighted by molar-refractivity contribution is 0.126. The number of benzene rings is 3. The Bertz CT molecular complexity index is 1840. The normalized spacial score (nSPS) is 14.2. The average molecular weight is 528 g/mol. The van der Waals surface area contributed by atoms with Crippen molar-refractivity contribution >= 4 is 11.9 Å². The van der Waals surface area contributed by atoms with Gasteiger partial charge in [-0.2, -0.15) is 5.10 Å². The number of para-hydroxylation sites is 1. The minimum absolute atomic E-state index is 0.117. The van der Waals surface area contributed by atoms with Gasteiger partial charge in [-0.1, -0.05) is 83.5 Å². The summed E-state index contributed by atoms with van der Waals surface area (Å²) in [6, 6.07) is 28.2. The second-order valence-corrected chi connectivity index (χ2v) is 9.68. The molecule has 0 amide bonds. The third-order valence-electron chi connectivity index (χ3n) is 6.95. The van der Waals surface area contributed by atoms with Gasteiger partial charge in [0.2, 0.25) is 11.8 Å². The van der Waals surface area contributed by atoms with Gasteiger partial charge in [0.15, 0.2) is 18.1 Å². The van der Waals surface area contributed by atoms with Gasteiger partial charge in [-0.15, -0.1) is 5.10 Å². The van der Waals surface area contributed by atoms with Crippen molar-refractivity contribution in [2.45, 2.75) is 26.4 Å². The summed E-state index contributed by atoms with van der Waals surface area (Å²) >= 11 is 0. The molecule has 0 spiro atoms. The van der Waals surface area contributed by atoms with Crippen molar-refractivity contribution in [3.05, 3.63) is 131 Å². The molecule has 0 saturated carbocycles. The zero-order chi connectivity index (χ0) is 27.1. The minimum Gasteiger partial charge on any atom is -0.420 e. The molecule has 40 heavy (non-hydrogen) atoms. The lowest BCUT2D eigenvalue weighted by Crippen LogP contribution is -2.16. The molecule has 1 aliphatic heterocycles. The predicted molar refractivity (Wildman–Crippen MR) is 150 cm³/mol. The number of hydrogen-bond donors (Lipinski definition) is 0. The fourth-order valence-electron chi connectivity index (χ4n) is 5.05. The number of rotatable bonds is 6. The van der Waals surface area contributed by atoms with Gasteiger partial charge >= 0.3 is 0 Å². The Balaban J connectivity index is 1.31. The Kier molecular flexibility index (Phi) is 5.81. The largest absolute Gasteiger partial charge is 0.420 e. The Morgan fingerprint density at radius 2 is 1.65 bits per heavy atom. The number of hydrogen-bond acceptors (Lipinski definition) is 7. The summed E-state index contributed by atoms with van der Waals surface area (Å²) in [4.78, 5) is 15.0. The van der Waals surface area contributed by atoms with Crippen molar-refractivity contribution in [3.63, 3.8) is 0 Å². The molecule has 0 saturated heterocycles. The molecule has 9 heteroatoms. The standard InChI is InChI=1S/C31H25N7O2/c1-20-13-15-23(16-14-20)27-26-21(2)35-38(24-11-7-4-8-12-24)31(26)40-30-28(27)29-34-25(36-37(29)19-32-30)18-39-33-17-22-9-5-3-6-10-22/h3-17,19,27H,18H2,1-2H3. The van der Waals surface area contributed by atoms with E-state index in [2.05, 4.69) is 46.4 Å². The van der Waals surface area contributed by atoms with E-state index >= 15 is 0 Å². The second-order valence-electron chi connectivity index (χ2n) is 9.68. The van der Waals surface area contributed by atoms with Gasteiger partial charge in [0, 0.05) is 0 Å². The summed E-state index contributed by atoms with van der Waals surface area (Å²) < 4.78 is 9.99. The molecule has 0 bridgehead atoms. The van der Waals surface area contributed by atoms with E-state index in [4.69, 9.17) is 19.7 Å². The van der Waals surface area contributed by atoms with Crippen LogP contribution in [0.2, 0.25) is 0 Å². The molecule has 0 N–H and O–H groups in total. The fraction of sp³-hybridized carbons (Fsp3) is 0.129. The topological polar surface area (TPSA) is 91.7 Å². The first-order chi connectivity index (χ1) is 19.7. The molecule has 1 unspecified atom stereocenters. The van der Waals surface area contributed by atoms with Crippen LogP contribution >= 0.6 is 0 Å². The zero-order valence-corrected chi connectivity index (χ0v) is 22.0. The van der Waals surface area contributed by atoms with Crippen LogP contribution in [0.1, 0.15) is 45.3 Å². The number of fused-ring (bicyclic) bond motifs is 4. The van der Waals surface area contributed by atoms with E-state index in [1.54, 1.807) is 17.1 Å². The van der Waals surface area contributed by atoms with Gasteiger partial charge in [-0.05, 0) is 37.1 Å². The Morgan fingerprint density at radius 1 is 0.900 bits per heavy atom. The third-order valence-corrected chi connectivity index (χ3v) is 6.95. The first-order valence-electron chi connectivity index (χ1n) is 13.0. The van der Waals surface area contributed by atoms with Gasteiger partial charge in [0.25, 0.3) is 0 Å². The quantitative estimate of drug-likeness (QED) is 0.202. The SMILES string of the molecule is Cc1ccc(C2c3c(C)nn(-c4ccccc4)c3Oc3ncn4nc(CON=Cc5ccccc5)nc4c32)cc1. The summed E-state index contributed by atoms with van der Waals surface area (Å²) in [5.41, 5.74) is 7.47. The molecule has 1 atom stereocenters. The van der Waals surface area contributed by atoms with Crippen molar-refractivity contribution in [1.82, 2.24) is 29.4 Å². The van der Waals surface area contributed by atoms with Gasteiger partial charge in [0.05, 0.1) is 34.6 Å². The van der Waals surface area contributed by atoms with E-state index < -0.39 is 0 Å². The van der Waals surface area contributed by atoms with E-state index in [1.165, 1.54) is 5.56 Å². The second kappa shape index (κ2) is 9.77. The molecule has 7 rings (SSSR count). The summed E-state index contributed by atoms with van der Waals surface area (Å²) in [6.07, 6.45) is 3.28. The van der Waals surface area contributed by atoms with E-state index in [-0.39, 0.29) is 12.5 Å². The van der Waals surface area contributed by atoms with Crippen molar-refractivity contribution < 1.29 is 9.57 Å². The van der Waals surface area contributed by atoms with Crippen molar-refractivity contribution in [2.75, 3.05) is 0 Å². The Morgan fingerprint density at radius 3 is 2.42 bits per heavy atom. The highest BCUT2D eigenvalue weighted by molar-refractivity contribution is 5.78. The van der Waals surface area contributed by atoms with Crippen LogP contribution in [0, 0.1) is 13.8 Å². The summed E-state index contributed by atoms with van der Waals surface area (Å²) in [5, 5.41) is 13.6. The molecule has 4 heterocycles. The summed E-state index contributed by atoms with van der Waals surface area (Å²) in [6.45, 7) is 4.21. The predicted octanol–water partition coefficient (Wildman–Crippen LogP) is 5.76. The van der Waals surface area contributed by atoms with Crippen LogP contribution in [-0.4, -0.2) is 35.6 Å². The number of oxime groups is 1. The molecule has 0 fully saturated rings. The van der Waals surface area contributed by atoms with Crippen LogP contribution in [0.4, 0.5) is 0 Å². The number of aromatic nitrogens is 6. The molecule has 9 nitrogen and oxygen atoms in total. The van der Waals surface area contributed by atoms with E-state index in [1.807, 2.05) is 72.3 Å². The Labute approximate surface area is 230 Å². The maximum absolute atomic E-state index is 6.48. The highest BCUT2D eigenvalue weighted by Gasteiger charge is 2.38. The van der Waals surface area contributed by atoms with Crippen molar-refractivity contribution in [2.24, 2.45) is 5.16 Å². The lowest BCUT2D eigenvalue weighted by atomic mass is 9.84. The van der Waals surface area contributed by atoms with E-state index in [9.17, 15) is 0 Å². The molecular formula is C31H25N7O2. The van der Waals surface area contributed by atoms with Gasteiger partial charge in [-0.3, -0.25) is 0 Å². The van der Waals surface area contributed by atoms with Crippen LogP contribution in [0.3, 0.4) is 0 Å². The first kappa shape index (κ1) is 23.8. The Hall–Kier alpha value is -5.31. The number of nitrogens with zero attached hydrogens (tertiary/aromatic N) is 7. The smallest absolute Gasteiger partial charge is 0.230 e. The maximum Gasteiger partial charge on any atom is 0.230 e. The van der Waals surface area contributed by atoms with Crippen LogP contribution in [0.5, 0.6) is 11.8 Å². The zero-order valence-electron chi connectivity index (χ0n) is 22.0. The molecule has 1 aliphatic rings. The van der Waals surface area contributed by atoms with Gasteiger partial charge in [0.1, 0.15) is 6.33 Å². The lowest BCUT2D eigenvalue weighted by Gasteiger charge is -2.26. The van der Waals surface area contributed by atoms with Crippen molar-refractivity contribution in [3.8, 4) is 17.4 Å². The third kappa shape index (κ3) is 4.17. The molecule has 3 aromatic carbocycles.